The molecule has 2 heterocycles. The molecule has 0 saturated carbocycles. The lowest BCUT2D eigenvalue weighted by atomic mass is 9.96. The molecule has 0 unspecified atom stereocenters. The number of fused-ring (bicyclic) bond motifs is 1. The number of hydrazone groups is 1. The molecule has 7 heteroatoms. The summed E-state index contributed by atoms with van der Waals surface area (Å²) in [5.74, 6) is 0. The molecule has 158 valence electrons. The normalized spacial score (nSPS) is 13.1. The highest BCUT2D eigenvalue weighted by Crippen LogP contribution is 2.38. The second-order valence-electron chi connectivity index (χ2n) is 7.80. The van der Waals surface area contributed by atoms with Gasteiger partial charge in [0, 0.05) is 27.5 Å². The maximum atomic E-state index is 12.2. The topological polar surface area (TPSA) is 82.2 Å². The lowest BCUT2D eigenvalue weighted by molar-refractivity contribution is 0.252. The van der Waals surface area contributed by atoms with Gasteiger partial charge in [0.25, 0.3) is 0 Å². The van der Waals surface area contributed by atoms with Gasteiger partial charge in [-0.05, 0) is 69.7 Å². The van der Waals surface area contributed by atoms with Crippen LogP contribution in [0.2, 0.25) is 0 Å². The van der Waals surface area contributed by atoms with Gasteiger partial charge in [-0.15, -0.1) is 11.3 Å². The van der Waals surface area contributed by atoms with E-state index in [0.717, 1.165) is 58.0 Å². The van der Waals surface area contributed by atoms with Crippen molar-refractivity contribution in [2.45, 2.75) is 46.5 Å². The number of nitrogens with zero attached hydrogens (tertiary/aromatic N) is 3. The smallest absolute Gasteiger partial charge is 0.308 e. The maximum Gasteiger partial charge on any atom is 0.339 e. The molecule has 31 heavy (non-hydrogen) atoms. The number of anilines is 1. The molecular formula is C24H25N5OS. The minimum atomic E-state index is -0.392. The number of hydrogen-bond acceptors (Lipinski definition) is 4. The molecule has 0 saturated heterocycles. The molecule has 1 aliphatic rings. The van der Waals surface area contributed by atoms with E-state index >= 15 is 0 Å². The number of aryl methyl sites for hydroxylation is 3. The minimum absolute atomic E-state index is 0.392. The zero-order valence-corrected chi connectivity index (χ0v) is 18.8. The molecule has 0 aliphatic heterocycles. The number of carbonyl (C=O) groups excluding carboxylic acids is 1. The Morgan fingerprint density at radius 1 is 1.23 bits per heavy atom. The Morgan fingerprint density at radius 2 is 2.00 bits per heavy atom. The van der Waals surface area contributed by atoms with Crippen LogP contribution in [0, 0.1) is 32.1 Å². The summed E-state index contributed by atoms with van der Waals surface area (Å²) in [7, 11) is 0. The Bertz CT molecular complexity index is 1210. The number of amides is 2. The highest BCUT2D eigenvalue weighted by atomic mass is 32.1. The largest absolute Gasteiger partial charge is 0.339 e. The summed E-state index contributed by atoms with van der Waals surface area (Å²) >= 11 is 1.73. The van der Waals surface area contributed by atoms with Gasteiger partial charge in [0.2, 0.25) is 0 Å². The van der Waals surface area contributed by atoms with Crippen LogP contribution >= 0.6 is 11.3 Å². The van der Waals surface area contributed by atoms with Crippen molar-refractivity contribution in [1.29, 1.82) is 5.26 Å². The SMILES string of the molecule is Cc1ccccc1NC(=O)NN=Cc1cc(C)n(-c2sc3c(c2C#N)CCCC3)c1C. The van der Waals surface area contributed by atoms with Gasteiger partial charge in [-0.2, -0.15) is 10.4 Å². The second-order valence-corrected chi connectivity index (χ2v) is 8.89. The van der Waals surface area contributed by atoms with Crippen molar-refractivity contribution < 1.29 is 4.79 Å². The zero-order valence-electron chi connectivity index (χ0n) is 18.0. The number of urea groups is 1. The van der Waals surface area contributed by atoms with Crippen molar-refractivity contribution in [3.05, 3.63) is 68.9 Å². The average molecular weight is 432 g/mol. The lowest BCUT2D eigenvalue weighted by Crippen LogP contribution is -2.24. The zero-order chi connectivity index (χ0) is 22.0. The number of hydrogen-bond donors (Lipinski definition) is 2. The quantitative estimate of drug-likeness (QED) is 0.430. The van der Waals surface area contributed by atoms with Crippen molar-refractivity contribution in [1.82, 2.24) is 9.99 Å². The first-order valence-electron chi connectivity index (χ1n) is 10.4. The van der Waals surface area contributed by atoms with E-state index in [4.69, 9.17) is 0 Å². The van der Waals surface area contributed by atoms with E-state index < -0.39 is 6.03 Å². The van der Waals surface area contributed by atoms with Crippen molar-refractivity contribution >= 4 is 29.3 Å². The molecule has 4 rings (SSSR count). The number of benzene rings is 1. The van der Waals surface area contributed by atoms with E-state index in [2.05, 4.69) is 26.5 Å². The molecule has 1 aliphatic carbocycles. The van der Waals surface area contributed by atoms with E-state index in [0.29, 0.717) is 0 Å². The molecule has 3 aromatic rings. The molecular weight excluding hydrogens is 406 g/mol. The number of nitrogens with one attached hydrogen (secondary N) is 2. The number of thiophene rings is 1. The van der Waals surface area contributed by atoms with Gasteiger partial charge >= 0.3 is 6.03 Å². The summed E-state index contributed by atoms with van der Waals surface area (Å²) < 4.78 is 2.14. The molecule has 0 radical (unpaired) electrons. The fourth-order valence-corrected chi connectivity index (χ4v) is 5.53. The monoisotopic (exact) mass is 431 g/mol. The van der Waals surface area contributed by atoms with Gasteiger partial charge in [-0.3, -0.25) is 0 Å². The lowest BCUT2D eigenvalue weighted by Gasteiger charge is -2.10. The van der Waals surface area contributed by atoms with Crippen LogP contribution in [-0.2, 0) is 12.8 Å². The molecule has 2 N–H and O–H groups in total. The first kappa shape index (κ1) is 20.9. The molecule has 0 spiro atoms. The third-order valence-corrected chi connectivity index (χ3v) is 6.98. The van der Waals surface area contributed by atoms with Crippen molar-refractivity contribution in [2.24, 2.45) is 5.10 Å². The molecule has 0 atom stereocenters. The van der Waals surface area contributed by atoms with E-state index in [-0.39, 0.29) is 0 Å². The Balaban J connectivity index is 1.54. The summed E-state index contributed by atoms with van der Waals surface area (Å²) in [6, 6.07) is 11.7. The average Bonchev–Trinajstić information content (AvgIpc) is 3.25. The van der Waals surface area contributed by atoms with Gasteiger partial charge < -0.3 is 9.88 Å². The number of rotatable bonds is 4. The van der Waals surface area contributed by atoms with Crippen LogP contribution in [0.3, 0.4) is 0 Å². The fraction of sp³-hybridized carbons (Fsp3) is 0.292. The van der Waals surface area contributed by atoms with Crippen molar-refractivity contribution in [3.8, 4) is 11.1 Å². The number of para-hydroxylation sites is 1. The van der Waals surface area contributed by atoms with Crippen LogP contribution in [0.25, 0.3) is 5.00 Å². The Kier molecular flexibility index (Phi) is 5.92. The van der Waals surface area contributed by atoms with Crippen molar-refractivity contribution in [3.63, 3.8) is 0 Å². The molecule has 0 bridgehead atoms. The van der Waals surface area contributed by atoms with Gasteiger partial charge in [0.15, 0.2) is 0 Å². The van der Waals surface area contributed by atoms with Gasteiger partial charge in [-0.1, -0.05) is 18.2 Å². The Morgan fingerprint density at radius 3 is 2.77 bits per heavy atom. The van der Waals surface area contributed by atoms with E-state index in [1.807, 2.05) is 51.1 Å². The predicted molar refractivity (Wildman–Crippen MR) is 125 cm³/mol. The molecule has 2 amide bonds. The highest BCUT2D eigenvalue weighted by Gasteiger charge is 2.23. The van der Waals surface area contributed by atoms with Gasteiger partial charge in [0.1, 0.15) is 11.1 Å². The van der Waals surface area contributed by atoms with Crippen LogP contribution in [-0.4, -0.2) is 16.8 Å². The molecule has 6 nitrogen and oxygen atoms in total. The van der Waals surface area contributed by atoms with E-state index in [9.17, 15) is 10.1 Å². The summed E-state index contributed by atoms with van der Waals surface area (Å²) in [6.07, 6.45) is 6.03. The first-order chi connectivity index (χ1) is 15.0. The summed E-state index contributed by atoms with van der Waals surface area (Å²) in [4.78, 5) is 13.5. The standard InChI is InChI=1S/C24H25N5OS/c1-15-8-4-6-10-21(15)27-24(30)28-26-14-18-12-16(2)29(17(18)3)23-20(13-25)19-9-5-7-11-22(19)31-23/h4,6,8,10,12,14H,5,7,9,11H2,1-3H3,(H2,27,28,30). The van der Waals surface area contributed by atoms with Crippen LogP contribution in [0.5, 0.6) is 0 Å². The number of nitriles is 1. The molecule has 0 fully saturated rings. The highest BCUT2D eigenvalue weighted by molar-refractivity contribution is 7.15. The van der Waals surface area contributed by atoms with E-state index in [1.54, 1.807) is 17.6 Å². The number of aromatic nitrogens is 1. The predicted octanol–water partition coefficient (Wildman–Crippen LogP) is 5.37. The fourth-order valence-electron chi connectivity index (χ4n) is 4.08. The molecule has 1 aromatic carbocycles. The van der Waals surface area contributed by atoms with E-state index in [1.165, 1.54) is 16.9 Å². The summed E-state index contributed by atoms with van der Waals surface area (Å²) in [5.41, 5.74) is 9.24. The Labute approximate surface area is 186 Å². The van der Waals surface area contributed by atoms with Crippen LogP contribution in [0.15, 0.2) is 35.4 Å². The summed E-state index contributed by atoms with van der Waals surface area (Å²) in [6.45, 7) is 5.98. The first-order valence-corrected chi connectivity index (χ1v) is 11.2. The van der Waals surface area contributed by atoms with Crippen LogP contribution in [0.1, 0.15) is 51.4 Å². The second kappa shape index (κ2) is 8.78. The van der Waals surface area contributed by atoms with Crippen LogP contribution < -0.4 is 10.7 Å². The number of carbonyl (C=O) groups is 1. The molecule has 2 aromatic heterocycles. The minimum Gasteiger partial charge on any atom is -0.308 e. The summed E-state index contributed by atoms with van der Waals surface area (Å²) in [5, 5.41) is 17.7. The van der Waals surface area contributed by atoms with Crippen LogP contribution in [0.4, 0.5) is 10.5 Å². The Hall–Kier alpha value is -3.37. The third kappa shape index (κ3) is 4.12. The van der Waals surface area contributed by atoms with Gasteiger partial charge in [0.05, 0.1) is 11.8 Å². The van der Waals surface area contributed by atoms with Crippen molar-refractivity contribution in [2.75, 3.05) is 5.32 Å². The maximum absolute atomic E-state index is 12.2. The third-order valence-electron chi connectivity index (χ3n) is 5.70. The van der Waals surface area contributed by atoms with Gasteiger partial charge in [-0.25, -0.2) is 10.2 Å².